The maximum atomic E-state index is 12.8. The number of ketones is 2. The van der Waals surface area contributed by atoms with Crippen LogP contribution < -0.4 is 5.43 Å². The molecule has 0 aliphatic heterocycles. The minimum absolute atomic E-state index is 0.0226. The first-order chi connectivity index (χ1) is 13.3. The van der Waals surface area contributed by atoms with Gasteiger partial charge in [-0.1, -0.05) is 41.5 Å². The van der Waals surface area contributed by atoms with Crippen molar-refractivity contribution >= 4 is 11.6 Å². The number of aromatic hydroxyl groups is 1. The van der Waals surface area contributed by atoms with Crippen molar-refractivity contribution in [3.05, 3.63) is 28.3 Å². The molecule has 1 aromatic rings. The van der Waals surface area contributed by atoms with Gasteiger partial charge in [0.05, 0.1) is 5.92 Å². The summed E-state index contributed by atoms with van der Waals surface area (Å²) in [6, 6.07) is 1.21. The van der Waals surface area contributed by atoms with Gasteiger partial charge in [0.25, 0.3) is 0 Å². The van der Waals surface area contributed by atoms with Gasteiger partial charge in [0.15, 0.2) is 5.75 Å². The van der Waals surface area contributed by atoms with E-state index in [1.54, 1.807) is 0 Å². The van der Waals surface area contributed by atoms with Gasteiger partial charge in [-0.05, 0) is 42.9 Å². The van der Waals surface area contributed by atoms with Gasteiger partial charge in [0, 0.05) is 25.3 Å². The van der Waals surface area contributed by atoms with Crippen LogP contribution in [-0.2, 0) is 9.59 Å². The lowest BCUT2D eigenvalue weighted by molar-refractivity contribution is -0.121. The van der Waals surface area contributed by atoms with Gasteiger partial charge < -0.3 is 9.52 Å². The van der Waals surface area contributed by atoms with Gasteiger partial charge in [-0.15, -0.1) is 0 Å². The number of hydrogen-bond acceptors (Lipinski definition) is 5. The first kappa shape index (κ1) is 25.1. The maximum Gasteiger partial charge on any atom is 0.226 e. The highest BCUT2D eigenvalue weighted by Crippen LogP contribution is 2.31. The van der Waals surface area contributed by atoms with Gasteiger partial charge in [-0.2, -0.15) is 0 Å². The van der Waals surface area contributed by atoms with E-state index in [0.717, 1.165) is 25.5 Å². The Kier molecular flexibility index (Phi) is 9.31. The molecule has 1 unspecified atom stereocenters. The van der Waals surface area contributed by atoms with Crippen LogP contribution in [0.3, 0.4) is 0 Å². The monoisotopic (exact) mass is 406 g/mol. The Bertz CT molecular complexity index is 731. The lowest BCUT2D eigenvalue weighted by Crippen LogP contribution is -2.18. The second-order valence-corrected chi connectivity index (χ2v) is 10.5. The molecule has 0 aromatic carbocycles. The van der Waals surface area contributed by atoms with Gasteiger partial charge in [0.1, 0.15) is 23.6 Å². The summed E-state index contributed by atoms with van der Waals surface area (Å²) < 4.78 is 5.36. The summed E-state index contributed by atoms with van der Waals surface area (Å²) in [6.45, 7) is 12.8. The highest BCUT2D eigenvalue weighted by atomic mass is 16.4. The summed E-state index contributed by atoms with van der Waals surface area (Å²) in [6.07, 6.45) is 6.00. The molecule has 0 aliphatic carbocycles. The average molecular weight is 407 g/mol. The quantitative estimate of drug-likeness (QED) is 0.503. The molecule has 0 saturated heterocycles. The maximum absolute atomic E-state index is 12.8. The molecular weight excluding hydrogens is 368 g/mol. The van der Waals surface area contributed by atoms with Crippen LogP contribution in [0.25, 0.3) is 0 Å². The second kappa shape index (κ2) is 10.7. The number of Topliss-reactive ketones (excluding diaryl/α,β-unsaturated/α-hetero) is 2. The van der Waals surface area contributed by atoms with E-state index in [4.69, 9.17) is 4.42 Å². The minimum Gasteiger partial charge on any atom is -0.502 e. The van der Waals surface area contributed by atoms with Crippen LogP contribution in [-0.4, -0.2) is 16.7 Å². The third-order valence-electron chi connectivity index (χ3n) is 5.01. The molecule has 0 saturated carbocycles. The molecule has 1 N–H and O–H groups in total. The smallest absolute Gasteiger partial charge is 0.226 e. The largest absolute Gasteiger partial charge is 0.502 e. The van der Waals surface area contributed by atoms with E-state index in [1.165, 1.54) is 6.07 Å². The summed E-state index contributed by atoms with van der Waals surface area (Å²) in [5.41, 5.74) is -0.280. The fourth-order valence-corrected chi connectivity index (χ4v) is 3.22. The zero-order chi connectivity index (χ0) is 22.2. The molecule has 1 rings (SSSR count). The van der Waals surface area contributed by atoms with Crippen molar-refractivity contribution in [2.75, 3.05) is 0 Å². The number of carbonyl (C=O) groups excluding carboxylic acids is 2. The van der Waals surface area contributed by atoms with E-state index in [0.29, 0.717) is 31.4 Å². The number of carbonyl (C=O) groups is 2. The number of hydrogen-bond donors (Lipinski definition) is 1. The molecule has 0 fully saturated rings. The summed E-state index contributed by atoms with van der Waals surface area (Å²) >= 11 is 0. The molecule has 5 nitrogen and oxygen atoms in total. The van der Waals surface area contributed by atoms with Crippen molar-refractivity contribution in [2.24, 2.45) is 10.8 Å². The van der Waals surface area contributed by atoms with Crippen molar-refractivity contribution in [1.82, 2.24) is 0 Å². The van der Waals surface area contributed by atoms with E-state index in [9.17, 15) is 19.5 Å². The van der Waals surface area contributed by atoms with Crippen molar-refractivity contribution in [2.45, 2.75) is 98.8 Å². The zero-order valence-corrected chi connectivity index (χ0v) is 19.0. The Labute approximate surface area is 174 Å². The van der Waals surface area contributed by atoms with E-state index < -0.39 is 17.1 Å². The van der Waals surface area contributed by atoms with Crippen LogP contribution in [0, 0.1) is 10.8 Å². The predicted molar refractivity (Wildman–Crippen MR) is 115 cm³/mol. The fourth-order valence-electron chi connectivity index (χ4n) is 3.22. The van der Waals surface area contributed by atoms with Crippen molar-refractivity contribution in [1.29, 1.82) is 0 Å². The summed E-state index contributed by atoms with van der Waals surface area (Å²) in [4.78, 5) is 36.7. The third-order valence-corrected chi connectivity index (χ3v) is 5.01. The van der Waals surface area contributed by atoms with Crippen LogP contribution in [0.15, 0.2) is 21.5 Å². The Balaban J connectivity index is 2.66. The van der Waals surface area contributed by atoms with Crippen molar-refractivity contribution in [3.63, 3.8) is 0 Å². The summed E-state index contributed by atoms with van der Waals surface area (Å²) in [5, 5.41) is 9.42. The molecular formula is C24H38O5. The highest BCUT2D eigenvalue weighted by molar-refractivity contribution is 5.86. The highest BCUT2D eigenvalue weighted by Gasteiger charge is 2.26. The van der Waals surface area contributed by atoms with Gasteiger partial charge in [0.2, 0.25) is 5.43 Å². The molecule has 0 spiro atoms. The predicted octanol–water partition coefficient (Wildman–Crippen LogP) is 5.78. The van der Waals surface area contributed by atoms with E-state index >= 15 is 0 Å². The molecule has 5 heteroatoms. The van der Waals surface area contributed by atoms with E-state index in [1.807, 2.05) is 0 Å². The summed E-state index contributed by atoms with van der Waals surface area (Å²) in [5.74, 6) is -0.524. The normalized spacial score (nSPS) is 13.3. The van der Waals surface area contributed by atoms with Gasteiger partial charge in [-0.3, -0.25) is 14.4 Å². The Morgan fingerprint density at radius 1 is 0.966 bits per heavy atom. The molecule has 29 heavy (non-hydrogen) atoms. The van der Waals surface area contributed by atoms with E-state index in [2.05, 4.69) is 41.5 Å². The molecule has 0 aliphatic rings. The molecule has 1 heterocycles. The van der Waals surface area contributed by atoms with Crippen LogP contribution >= 0.6 is 0 Å². The minimum atomic E-state index is -0.547. The molecule has 0 amide bonds. The Morgan fingerprint density at radius 3 is 2.10 bits per heavy atom. The fraction of sp³-hybridized carbons (Fsp3) is 0.708. The zero-order valence-electron chi connectivity index (χ0n) is 19.0. The van der Waals surface area contributed by atoms with Crippen LogP contribution in [0.2, 0.25) is 0 Å². The van der Waals surface area contributed by atoms with Crippen LogP contribution in [0.5, 0.6) is 5.75 Å². The first-order valence-electron chi connectivity index (χ1n) is 10.6. The SMILES string of the molecule is CC(C)(C)CCCC(=O)CCCC(=O)C(CCC(C)(C)C)c1cc(=O)c(O)co1. The molecule has 164 valence electrons. The molecule has 1 aromatic heterocycles. The van der Waals surface area contributed by atoms with Gasteiger partial charge in [-0.25, -0.2) is 0 Å². The van der Waals surface area contributed by atoms with Crippen LogP contribution in [0.1, 0.15) is 105 Å². The molecule has 0 bridgehead atoms. The lowest BCUT2D eigenvalue weighted by Gasteiger charge is -2.22. The van der Waals surface area contributed by atoms with Crippen LogP contribution in [0.4, 0.5) is 0 Å². The van der Waals surface area contributed by atoms with Crippen molar-refractivity contribution in [3.8, 4) is 5.75 Å². The Morgan fingerprint density at radius 2 is 1.55 bits per heavy atom. The first-order valence-corrected chi connectivity index (χ1v) is 10.6. The van der Waals surface area contributed by atoms with Gasteiger partial charge >= 0.3 is 0 Å². The third kappa shape index (κ3) is 10.4. The standard InChI is InChI=1S/C24H38O5/c1-23(2,3)13-8-10-17(25)9-7-11-19(26)18(12-14-24(4,5)6)22-15-20(27)21(28)16-29-22/h15-16,18,28H,7-14H2,1-6H3. The Hall–Kier alpha value is -1.91. The average Bonchev–Trinajstić information content (AvgIpc) is 2.56. The number of rotatable bonds is 11. The lowest BCUT2D eigenvalue weighted by atomic mass is 9.83. The summed E-state index contributed by atoms with van der Waals surface area (Å²) in [7, 11) is 0. The van der Waals surface area contributed by atoms with Crippen molar-refractivity contribution < 1.29 is 19.1 Å². The topological polar surface area (TPSA) is 84.6 Å². The van der Waals surface area contributed by atoms with E-state index in [-0.39, 0.29) is 28.8 Å². The molecule has 0 radical (unpaired) electrons. The molecule has 1 atom stereocenters. The second-order valence-electron chi connectivity index (χ2n) is 10.5.